The minimum absolute atomic E-state index is 0.0373. The molecular formula is C16H23N5O. The van der Waals surface area contributed by atoms with E-state index in [9.17, 15) is 4.79 Å². The van der Waals surface area contributed by atoms with Crippen LogP contribution >= 0.6 is 0 Å². The van der Waals surface area contributed by atoms with Gasteiger partial charge in [-0.05, 0) is 37.6 Å². The summed E-state index contributed by atoms with van der Waals surface area (Å²) in [6, 6.07) is 6.37. The maximum atomic E-state index is 11.9. The van der Waals surface area contributed by atoms with Crippen LogP contribution in [0, 0.1) is 0 Å². The van der Waals surface area contributed by atoms with Gasteiger partial charge < -0.3 is 9.88 Å². The summed E-state index contributed by atoms with van der Waals surface area (Å²) in [7, 11) is 3.64. The van der Waals surface area contributed by atoms with Crippen LogP contribution < -0.4 is 5.32 Å². The predicted octanol–water partition coefficient (Wildman–Crippen LogP) is 1.83. The number of H-pyrrole nitrogens is 1. The number of carbonyl (C=O) groups excluding carboxylic acids is 1. The largest absolute Gasteiger partial charge is 0.354 e. The zero-order valence-corrected chi connectivity index (χ0v) is 13.2. The summed E-state index contributed by atoms with van der Waals surface area (Å²) in [5.74, 6) is -0.0373. The van der Waals surface area contributed by atoms with Gasteiger partial charge in [0.15, 0.2) is 0 Å². The van der Waals surface area contributed by atoms with Crippen molar-refractivity contribution in [2.24, 2.45) is 7.05 Å². The Bertz CT molecular complexity index is 631. The fourth-order valence-corrected chi connectivity index (χ4v) is 3.32. The SMILES string of the molecule is CNC(=O)c1ccc(C2CCCCN2Cc2ccn[nH]2)n1C. The standard InChI is InChI=1S/C16H23N5O/c1-17-16(22)15-7-6-13(20(15)2)14-5-3-4-10-21(14)11-12-8-9-18-19-12/h6-9,14H,3-5,10-11H2,1-2H3,(H,17,22)(H,18,19). The summed E-state index contributed by atoms with van der Waals surface area (Å²) in [6.07, 6.45) is 5.36. The normalized spacial score (nSPS) is 19.3. The average Bonchev–Trinajstić information content (AvgIpc) is 3.17. The number of hydrogen-bond donors (Lipinski definition) is 2. The Balaban J connectivity index is 1.84. The molecule has 0 spiro atoms. The van der Waals surface area contributed by atoms with E-state index in [0.29, 0.717) is 11.7 Å². The summed E-state index contributed by atoms with van der Waals surface area (Å²) in [5.41, 5.74) is 3.05. The molecular weight excluding hydrogens is 278 g/mol. The molecule has 2 aromatic heterocycles. The maximum absolute atomic E-state index is 11.9. The van der Waals surface area contributed by atoms with E-state index < -0.39 is 0 Å². The minimum atomic E-state index is -0.0373. The van der Waals surface area contributed by atoms with Crippen molar-refractivity contribution in [3.05, 3.63) is 41.5 Å². The molecule has 0 saturated carbocycles. The molecule has 1 aliphatic rings. The highest BCUT2D eigenvalue weighted by atomic mass is 16.1. The first-order valence-corrected chi connectivity index (χ1v) is 7.80. The zero-order chi connectivity index (χ0) is 15.5. The van der Waals surface area contributed by atoms with E-state index in [1.54, 1.807) is 13.2 Å². The molecule has 22 heavy (non-hydrogen) atoms. The first kappa shape index (κ1) is 14.8. The van der Waals surface area contributed by atoms with Gasteiger partial charge in [0.1, 0.15) is 5.69 Å². The average molecular weight is 301 g/mol. The van der Waals surface area contributed by atoms with Crippen molar-refractivity contribution >= 4 is 5.91 Å². The van der Waals surface area contributed by atoms with Gasteiger partial charge in [0, 0.05) is 38.2 Å². The lowest BCUT2D eigenvalue weighted by atomic mass is 9.99. The summed E-state index contributed by atoms with van der Waals surface area (Å²) in [6.45, 7) is 1.94. The van der Waals surface area contributed by atoms with Gasteiger partial charge in [-0.3, -0.25) is 14.8 Å². The highest BCUT2D eigenvalue weighted by Crippen LogP contribution is 2.32. The van der Waals surface area contributed by atoms with Crippen LogP contribution in [0.1, 0.15) is 47.2 Å². The molecule has 1 saturated heterocycles. The summed E-state index contributed by atoms with van der Waals surface area (Å²) in [4.78, 5) is 14.4. The van der Waals surface area contributed by atoms with Gasteiger partial charge >= 0.3 is 0 Å². The molecule has 0 bridgehead atoms. The van der Waals surface area contributed by atoms with Crippen molar-refractivity contribution in [3.63, 3.8) is 0 Å². The Kier molecular flexibility index (Phi) is 4.29. The van der Waals surface area contributed by atoms with Crippen molar-refractivity contribution in [3.8, 4) is 0 Å². The molecule has 1 unspecified atom stereocenters. The number of nitrogens with zero attached hydrogens (tertiary/aromatic N) is 3. The molecule has 2 aromatic rings. The van der Waals surface area contributed by atoms with Crippen LogP contribution in [-0.2, 0) is 13.6 Å². The Hall–Kier alpha value is -2.08. The summed E-state index contributed by atoms with van der Waals surface area (Å²) >= 11 is 0. The molecule has 3 heterocycles. The quantitative estimate of drug-likeness (QED) is 0.905. The Labute approximate surface area is 130 Å². The molecule has 1 amide bonds. The molecule has 3 rings (SSSR count). The van der Waals surface area contributed by atoms with Crippen LogP contribution in [0.25, 0.3) is 0 Å². The maximum Gasteiger partial charge on any atom is 0.267 e. The Morgan fingerprint density at radius 1 is 1.41 bits per heavy atom. The second-order valence-corrected chi connectivity index (χ2v) is 5.85. The monoisotopic (exact) mass is 301 g/mol. The van der Waals surface area contributed by atoms with E-state index in [2.05, 4.69) is 26.5 Å². The second kappa shape index (κ2) is 6.36. The number of rotatable bonds is 4. The fraction of sp³-hybridized carbons (Fsp3) is 0.500. The summed E-state index contributed by atoms with van der Waals surface area (Å²) < 4.78 is 2.02. The number of carbonyl (C=O) groups is 1. The third-order valence-electron chi connectivity index (χ3n) is 4.51. The van der Waals surface area contributed by atoms with Crippen molar-refractivity contribution in [1.82, 2.24) is 25.0 Å². The van der Waals surface area contributed by atoms with E-state index in [1.807, 2.05) is 23.7 Å². The number of aromatic nitrogens is 3. The van der Waals surface area contributed by atoms with Crippen LogP contribution in [-0.4, -0.2) is 39.2 Å². The lowest BCUT2D eigenvalue weighted by Crippen LogP contribution is -2.34. The molecule has 0 radical (unpaired) electrons. The molecule has 6 nitrogen and oxygen atoms in total. The number of amides is 1. The van der Waals surface area contributed by atoms with Crippen LogP contribution in [0.15, 0.2) is 24.4 Å². The number of nitrogens with one attached hydrogen (secondary N) is 2. The number of aromatic amines is 1. The van der Waals surface area contributed by atoms with Gasteiger partial charge in [0.25, 0.3) is 5.91 Å². The minimum Gasteiger partial charge on any atom is -0.354 e. The van der Waals surface area contributed by atoms with Gasteiger partial charge in [-0.2, -0.15) is 5.10 Å². The molecule has 0 aliphatic carbocycles. The highest BCUT2D eigenvalue weighted by Gasteiger charge is 2.27. The Morgan fingerprint density at radius 2 is 2.27 bits per heavy atom. The summed E-state index contributed by atoms with van der Waals surface area (Å²) in [5, 5.41) is 9.77. The predicted molar refractivity (Wildman–Crippen MR) is 84.4 cm³/mol. The van der Waals surface area contributed by atoms with E-state index >= 15 is 0 Å². The third kappa shape index (κ3) is 2.78. The van der Waals surface area contributed by atoms with E-state index in [-0.39, 0.29) is 5.91 Å². The lowest BCUT2D eigenvalue weighted by Gasteiger charge is -2.35. The van der Waals surface area contributed by atoms with E-state index in [4.69, 9.17) is 0 Å². The number of hydrogen-bond acceptors (Lipinski definition) is 3. The molecule has 118 valence electrons. The van der Waals surface area contributed by atoms with Gasteiger partial charge in [-0.1, -0.05) is 6.42 Å². The van der Waals surface area contributed by atoms with Crippen molar-refractivity contribution in [1.29, 1.82) is 0 Å². The van der Waals surface area contributed by atoms with E-state index in [1.165, 1.54) is 18.5 Å². The van der Waals surface area contributed by atoms with Crippen molar-refractivity contribution in [2.45, 2.75) is 31.8 Å². The first-order valence-electron chi connectivity index (χ1n) is 7.80. The van der Waals surface area contributed by atoms with Gasteiger partial charge in [-0.15, -0.1) is 0 Å². The van der Waals surface area contributed by atoms with Crippen LogP contribution in [0.4, 0.5) is 0 Å². The lowest BCUT2D eigenvalue weighted by molar-refractivity contribution is 0.0952. The van der Waals surface area contributed by atoms with Crippen LogP contribution in [0.5, 0.6) is 0 Å². The molecule has 2 N–H and O–H groups in total. The number of piperidine rings is 1. The topological polar surface area (TPSA) is 66.0 Å². The van der Waals surface area contributed by atoms with E-state index in [0.717, 1.165) is 25.2 Å². The Morgan fingerprint density at radius 3 is 3.00 bits per heavy atom. The van der Waals surface area contributed by atoms with Crippen LogP contribution in [0.3, 0.4) is 0 Å². The fourth-order valence-electron chi connectivity index (χ4n) is 3.32. The van der Waals surface area contributed by atoms with Crippen molar-refractivity contribution < 1.29 is 4.79 Å². The van der Waals surface area contributed by atoms with Crippen LogP contribution in [0.2, 0.25) is 0 Å². The van der Waals surface area contributed by atoms with Gasteiger partial charge in [0.05, 0.1) is 6.04 Å². The molecule has 1 fully saturated rings. The first-order chi connectivity index (χ1) is 10.7. The molecule has 1 aliphatic heterocycles. The molecule has 1 atom stereocenters. The van der Waals surface area contributed by atoms with Crippen molar-refractivity contribution in [2.75, 3.05) is 13.6 Å². The van der Waals surface area contributed by atoms with Gasteiger partial charge in [-0.25, -0.2) is 0 Å². The smallest absolute Gasteiger partial charge is 0.267 e. The zero-order valence-electron chi connectivity index (χ0n) is 13.2. The number of likely N-dealkylation sites (tertiary alicyclic amines) is 1. The molecule has 6 heteroatoms. The van der Waals surface area contributed by atoms with Gasteiger partial charge in [0.2, 0.25) is 0 Å². The second-order valence-electron chi connectivity index (χ2n) is 5.85. The third-order valence-corrected chi connectivity index (χ3v) is 4.51. The highest BCUT2D eigenvalue weighted by molar-refractivity contribution is 5.92. The molecule has 0 aromatic carbocycles.